The zero-order valence-electron chi connectivity index (χ0n) is 12.0. The van der Waals surface area contributed by atoms with Crippen LogP contribution in [0.3, 0.4) is 0 Å². The van der Waals surface area contributed by atoms with Crippen LogP contribution in [0, 0.1) is 18.8 Å². The van der Waals surface area contributed by atoms with Gasteiger partial charge in [-0.2, -0.15) is 0 Å². The molecule has 0 aliphatic rings. The molecule has 0 aliphatic heterocycles. The molecule has 0 heterocycles. The van der Waals surface area contributed by atoms with Crippen molar-refractivity contribution in [2.75, 3.05) is 0 Å². The molecule has 0 atom stereocenters. The van der Waals surface area contributed by atoms with Crippen molar-refractivity contribution in [3.05, 3.63) is 95.6 Å². The maximum Gasteiger partial charge on any atom is 0.0327 e. The van der Waals surface area contributed by atoms with Crippen LogP contribution in [0.25, 0.3) is 11.1 Å². The van der Waals surface area contributed by atoms with Gasteiger partial charge in [-0.05, 0) is 35.7 Å². The van der Waals surface area contributed by atoms with E-state index in [1.165, 1.54) is 16.7 Å². The Kier molecular flexibility index (Phi) is 3.85. The quantitative estimate of drug-likeness (QED) is 0.541. The van der Waals surface area contributed by atoms with Crippen molar-refractivity contribution in [2.24, 2.45) is 0 Å². The highest BCUT2D eigenvalue weighted by Gasteiger charge is 2.01. The van der Waals surface area contributed by atoms with Crippen molar-refractivity contribution >= 4 is 0 Å². The average molecular weight is 268 g/mol. The summed E-state index contributed by atoms with van der Waals surface area (Å²) in [7, 11) is 0. The van der Waals surface area contributed by atoms with Crippen LogP contribution >= 0.6 is 0 Å². The molecule has 3 aromatic rings. The molecule has 3 aromatic carbocycles. The van der Waals surface area contributed by atoms with E-state index in [-0.39, 0.29) is 0 Å². The fourth-order valence-corrected chi connectivity index (χ4v) is 2.31. The van der Waals surface area contributed by atoms with E-state index in [1.807, 2.05) is 24.3 Å². The number of hydrogen-bond donors (Lipinski definition) is 0. The van der Waals surface area contributed by atoms with Crippen LogP contribution in [0.15, 0.2) is 78.9 Å². The molecule has 21 heavy (non-hydrogen) atoms. The molecule has 0 aromatic heterocycles. The third-order valence-electron chi connectivity index (χ3n) is 3.49. The van der Waals surface area contributed by atoms with Gasteiger partial charge in [0.15, 0.2) is 0 Å². The van der Waals surface area contributed by atoms with Crippen molar-refractivity contribution in [3.8, 4) is 23.0 Å². The van der Waals surface area contributed by atoms with Crippen LogP contribution < -0.4 is 0 Å². The van der Waals surface area contributed by atoms with Gasteiger partial charge in [0.05, 0.1) is 0 Å². The number of rotatable bonds is 1. The molecule has 100 valence electrons. The van der Waals surface area contributed by atoms with E-state index in [9.17, 15) is 0 Å². The van der Waals surface area contributed by atoms with E-state index >= 15 is 0 Å². The van der Waals surface area contributed by atoms with Crippen molar-refractivity contribution in [1.82, 2.24) is 0 Å². The molecule has 0 fully saturated rings. The van der Waals surface area contributed by atoms with Crippen LogP contribution in [-0.4, -0.2) is 0 Å². The lowest BCUT2D eigenvalue weighted by molar-refractivity contribution is 1.44. The third-order valence-corrected chi connectivity index (χ3v) is 3.49. The van der Waals surface area contributed by atoms with Crippen LogP contribution in [-0.2, 0) is 0 Å². The standard InChI is InChI=1S/C21H16/c1-17-9-5-6-10-18(17)15-16-20-13-7-8-14-21(20)19-11-3-2-4-12-19/h2-14H,1H3. The molecule has 0 amide bonds. The van der Waals surface area contributed by atoms with Gasteiger partial charge in [-0.15, -0.1) is 0 Å². The Morgan fingerprint density at radius 2 is 1.14 bits per heavy atom. The fraction of sp³-hybridized carbons (Fsp3) is 0.0476. The first-order valence-corrected chi connectivity index (χ1v) is 7.07. The van der Waals surface area contributed by atoms with Crippen molar-refractivity contribution in [2.45, 2.75) is 6.92 Å². The van der Waals surface area contributed by atoms with Gasteiger partial charge in [-0.3, -0.25) is 0 Å². The summed E-state index contributed by atoms with van der Waals surface area (Å²) in [5.74, 6) is 6.61. The molecular formula is C21H16. The third kappa shape index (κ3) is 3.04. The molecule has 0 unspecified atom stereocenters. The number of aryl methyl sites for hydroxylation is 1. The van der Waals surface area contributed by atoms with E-state index in [0.717, 1.165) is 11.1 Å². The molecule has 0 saturated heterocycles. The minimum Gasteiger partial charge on any atom is -0.0622 e. The van der Waals surface area contributed by atoms with Gasteiger partial charge in [-0.1, -0.05) is 78.6 Å². The second-order valence-corrected chi connectivity index (χ2v) is 4.98. The zero-order chi connectivity index (χ0) is 14.5. The second-order valence-electron chi connectivity index (χ2n) is 4.98. The van der Waals surface area contributed by atoms with Crippen LogP contribution in [0.1, 0.15) is 16.7 Å². The second kappa shape index (κ2) is 6.11. The van der Waals surface area contributed by atoms with E-state index < -0.39 is 0 Å². The molecule has 0 aliphatic carbocycles. The van der Waals surface area contributed by atoms with Gasteiger partial charge >= 0.3 is 0 Å². The van der Waals surface area contributed by atoms with Gasteiger partial charge in [0.25, 0.3) is 0 Å². The zero-order valence-corrected chi connectivity index (χ0v) is 12.0. The van der Waals surface area contributed by atoms with Crippen molar-refractivity contribution in [1.29, 1.82) is 0 Å². The molecule has 0 saturated carbocycles. The lowest BCUT2D eigenvalue weighted by Crippen LogP contribution is -1.85. The molecule has 0 spiro atoms. The molecule has 3 rings (SSSR count). The number of benzene rings is 3. The lowest BCUT2D eigenvalue weighted by Gasteiger charge is -2.04. The van der Waals surface area contributed by atoms with Crippen LogP contribution in [0.4, 0.5) is 0 Å². The van der Waals surface area contributed by atoms with Gasteiger partial charge in [0.2, 0.25) is 0 Å². The van der Waals surface area contributed by atoms with Crippen molar-refractivity contribution < 1.29 is 0 Å². The van der Waals surface area contributed by atoms with Gasteiger partial charge in [0, 0.05) is 11.1 Å². The summed E-state index contributed by atoms with van der Waals surface area (Å²) in [5.41, 5.74) is 5.74. The van der Waals surface area contributed by atoms with E-state index in [4.69, 9.17) is 0 Å². The largest absolute Gasteiger partial charge is 0.0622 e. The molecule has 0 bridgehead atoms. The van der Waals surface area contributed by atoms with Crippen molar-refractivity contribution in [3.63, 3.8) is 0 Å². The molecular weight excluding hydrogens is 252 g/mol. The fourth-order valence-electron chi connectivity index (χ4n) is 2.31. The lowest BCUT2D eigenvalue weighted by atomic mass is 9.99. The molecule has 0 heteroatoms. The van der Waals surface area contributed by atoms with Gasteiger partial charge in [-0.25, -0.2) is 0 Å². The van der Waals surface area contributed by atoms with Gasteiger partial charge < -0.3 is 0 Å². The Labute approximate surface area is 126 Å². The predicted molar refractivity (Wildman–Crippen MR) is 89.0 cm³/mol. The monoisotopic (exact) mass is 268 g/mol. The Bertz CT molecular complexity index is 802. The maximum absolute atomic E-state index is 3.32. The first-order valence-electron chi connectivity index (χ1n) is 7.07. The molecule has 0 radical (unpaired) electrons. The highest BCUT2D eigenvalue weighted by Crippen LogP contribution is 2.22. The molecule has 0 N–H and O–H groups in total. The Morgan fingerprint density at radius 1 is 0.571 bits per heavy atom. The predicted octanol–water partition coefficient (Wildman–Crippen LogP) is 5.06. The highest BCUT2D eigenvalue weighted by atomic mass is 14.0. The highest BCUT2D eigenvalue weighted by molar-refractivity contribution is 5.71. The topological polar surface area (TPSA) is 0 Å². The van der Waals surface area contributed by atoms with E-state index in [2.05, 4.69) is 73.4 Å². The summed E-state index contributed by atoms with van der Waals surface area (Å²) in [6.07, 6.45) is 0. The normalized spacial score (nSPS) is 9.76. The Balaban J connectivity index is 2.04. The van der Waals surface area contributed by atoms with Gasteiger partial charge in [0.1, 0.15) is 0 Å². The average Bonchev–Trinajstić information content (AvgIpc) is 2.55. The summed E-state index contributed by atoms with van der Waals surface area (Å²) < 4.78 is 0. The summed E-state index contributed by atoms with van der Waals surface area (Å²) in [6, 6.07) is 26.9. The summed E-state index contributed by atoms with van der Waals surface area (Å²) in [6.45, 7) is 2.09. The number of hydrogen-bond acceptors (Lipinski definition) is 0. The van der Waals surface area contributed by atoms with E-state index in [1.54, 1.807) is 0 Å². The Hall–Kier alpha value is -2.78. The minimum absolute atomic E-state index is 1.06. The summed E-state index contributed by atoms with van der Waals surface area (Å²) in [5, 5.41) is 0. The van der Waals surface area contributed by atoms with Crippen LogP contribution in [0.5, 0.6) is 0 Å². The smallest absolute Gasteiger partial charge is 0.0327 e. The van der Waals surface area contributed by atoms with E-state index in [0.29, 0.717) is 0 Å². The van der Waals surface area contributed by atoms with Crippen LogP contribution in [0.2, 0.25) is 0 Å². The first kappa shape index (κ1) is 13.2. The first-order chi connectivity index (χ1) is 10.3. The minimum atomic E-state index is 1.06. The maximum atomic E-state index is 3.32. The molecule has 0 nitrogen and oxygen atoms in total. The summed E-state index contributed by atoms with van der Waals surface area (Å²) in [4.78, 5) is 0. The Morgan fingerprint density at radius 3 is 1.90 bits per heavy atom. The SMILES string of the molecule is Cc1ccccc1C#Cc1ccccc1-c1ccccc1. The summed E-state index contributed by atoms with van der Waals surface area (Å²) >= 11 is 0.